The predicted molar refractivity (Wildman–Crippen MR) is 82.7 cm³/mol. The quantitative estimate of drug-likeness (QED) is 0.852. The van der Waals surface area contributed by atoms with E-state index in [9.17, 15) is 9.59 Å². The number of aliphatic carboxylic acids is 1. The van der Waals surface area contributed by atoms with Crippen molar-refractivity contribution in [3.05, 3.63) is 29.0 Å². The van der Waals surface area contributed by atoms with Crippen LogP contribution in [-0.2, 0) is 16.0 Å². The Labute approximate surface area is 132 Å². The molecule has 22 heavy (non-hydrogen) atoms. The van der Waals surface area contributed by atoms with Crippen molar-refractivity contribution in [2.24, 2.45) is 5.92 Å². The molecule has 0 bridgehead atoms. The molecule has 0 fully saturated rings. The highest BCUT2D eigenvalue weighted by molar-refractivity contribution is 7.13. The van der Waals surface area contributed by atoms with Crippen molar-refractivity contribution in [2.45, 2.75) is 33.2 Å². The number of amides is 1. The van der Waals surface area contributed by atoms with E-state index in [1.165, 1.54) is 11.3 Å². The summed E-state index contributed by atoms with van der Waals surface area (Å²) in [6.45, 7) is 5.35. The minimum absolute atomic E-state index is 0.0483. The maximum absolute atomic E-state index is 11.9. The summed E-state index contributed by atoms with van der Waals surface area (Å²) in [6, 6.07) is 2.79. The zero-order valence-electron chi connectivity index (χ0n) is 12.6. The molecule has 0 aliphatic heterocycles. The normalized spacial score (nSPS) is 12.4. The van der Waals surface area contributed by atoms with Crippen LogP contribution in [0.1, 0.15) is 25.3 Å². The number of thiazole rings is 1. The highest BCUT2D eigenvalue weighted by Crippen LogP contribution is 2.25. The number of furan rings is 1. The molecule has 0 spiro atoms. The molecule has 0 saturated heterocycles. The largest absolute Gasteiger partial charge is 0.480 e. The molecule has 0 aliphatic carbocycles. The first-order valence-corrected chi connectivity index (χ1v) is 7.78. The molecule has 2 aromatic heterocycles. The molecular weight excluding hydrogens is 304 g/mol. The fraction of sp³-hybridized carbons (Fsp3) is 0.400. The van der Waals surface area contributed by atoms with Crippen LogP contribution in [0.2, 0.25) is 0 Å². The van der Waals surface area contributed by atoms with Crippen LogP contribution in [0, 0.1) is 12.8 Å². The lowest BCUT2D eigenvalue weighted by molar-refractivity contribution is -0.143. The van der Waals surface area contributed by atoms with E-state index in [4.69, 9.17) is 9.52 Å². The smallest absolute Gasteiger partial charge is 0.326 e. The molecule has 2 aromatic rings. The Morgan fingerprint density at radius 2 is 2.14 bits per heavy atom. The molecule has 1 atom stereocenters. The topological polar surface area (TPSA) is 92.4 Å². The predicted octanol–water partition coefficient (Wildman–Crippen LogP) is 2.48. The number of carboxylic acid groups (broad SMARTS) is 1. The maximum atomic E-state index is 11.9. The third kappa shape index (κ3) is 3.94. The van der Waals surface area contributed by atoms with Gasteiger partial charge in [0.15, 0.2) is 10.8 Å². The highest BCUT2D eigenvalue weighted by atomic mass is 32.1. The van der Waals surface area contributed by atoms with E-state index < -0.39 is 12.0 Å². The molecule has 1 amide bonds. The molecule has 0 saturated carbocycles. The number of aryl methyl sites for hydroxylation is 1. The zero-order valence-corrected chi connectivity index (χ0v) is 13.4. The number of hydrogen-bond donors (Lipinski definition) is 2. The van der Waals surface area contributed by atoms with Gasteiger partial charge in [-0.3, -0.25) is 4.79 Å². The van der Waals surface area contributed by atoms with Crippen molar-refractivity contribution in [1.29, 1.82) is 0 Å². The Morgan fingerprint density at radius 1 is 1.41 bits per heavy atom. The number of nitrogens with zero attached hydrogens (tertiary/aromatic N) is 1. The van der Waals surface area contributed by atoms with Gasteiger partial charge in [-0.1, -0.05) is 13.8 Å². The molecule has 0 aliphatic rings. The number of nitrogens with one attached hydrogen (secondary N) is 1. The van der Waals surface area contributed by atoms with Crippen molar-refractivity contribution in [3.63, 3.8) is 0 Å². The van der Waals surface area contributed by atoms with Crippen LogP contribution in [-0.4, -0.2) is 28.0 Å². The Hall–Kier alpha value is -2.15. The average Bonchev–Trinajstić information content (AvgIpc) is 3.04. The molecule has 2 N–H and O–H groups in total. The summed E-state index contributed by atoms with van der Waals surface area (Å²) < 4.78 is 5.48. The summed E-state index contributed by atoms with van der Waals surface area (Å²) in [5, 5.41) is 14.1. The van der Waals surface area contributed by atoms with Gasteiger partial charge in [0.1, 0.15) is 11.8 Å². The number of carboxylic acids is 1. The van der Waals surface area contributed by atoms with Gasteiger partial charge in [0.25, 0.3) is 0 Å². The summed E-state index contributed by atoms with van der Waals surface area (Å²) in [4.78, 5) is 27.4. The third-order valence-corrected chi connectivity index (χ3v) is 4.00. The number of carbonyl (C=O) groups excluding carboxylic acids is 1. The van der Waals surface area contributed by atoms with Crippen LogP contribution in [0.5, 0.6) is 0 Å². The fourth-order valence-electron chi connectivity index (χ4n) is 1.95. The van der Waals surface area contributed by atoms with Crippen LogP contribution in [0.3, 0.4) is 0 Å². The van der Waals surface area contributed by atoms with Gasteiger partial charge in [-0.25, -0.2) is 9.78 Å². The molecular formula is C15H18N2O4S. The Morgan fingerprint density at radius 3 is 2.68 bits per heavy atom. The SMILES string of the molecule is Cc1ccc(-c2nc(CC(=O)N[C@H](C(=O)O)C(C)C)cs2)o1. The van der Waals surface area contributed by atoms with Crippen molar-refractivity contribution < 1.29 is 19.1 Å². The van der Waals surface area contributed by atoms with Crippen LogP contribution >= 0.6 is 11.3 Å². The monoisotopic (exact) mass is 322 g/mol. The number of rotatable bonds is 6. The summed E-state index contributed by atoms with van der Waals surface area (Å²) in [7, 11) is 0. The van der Waals surface area contributed by atoms with Crippen molar-refractivity contribution in [2.75, 3.05) is 0 Å². The minimum Gasteiger partial charge on any atom is -0.480 e. The van der Waals surface area contributed by atoms with Gasteiger partial charge in [-0.2, -0.15) is 0 Å². The van der Waals surface area contributed by atoms with Gasteiger partial charge in [0, 0.05) is 5.38 Å². The lowest BCUT2D eigenvalue weighted by Crippen LogP contribution is -2.44. The van der Waals surface area contributed by atoms with Gasteiger partial charge in [-0.15, -0.1) is 11.3 Å². The number of carbonyl (C=O) groups is 2. The van der Waals surface area contributed by atoms with E-state index in [-0.39, 0.29) is 18.2 Å². The lowest BCUT2D eigenvalue weighted by atomic mass is 10.0. The molecule has 0 unspecified atom stereocenters. The maximum Gasteiger partial charge on any atom is 0.326 e. The van der Waals surface area contributed by atoms with Gasteiger partial charge >= 0.3 is 5.97 Å². The van der Waals surface area contributed by atoms with Crippen LogP contribution in [0.4, 0.5) is 0 Å². The molecule has 6 nitrogen and oxygen atoms in total. The van der Waals surface area contributed by atoms with E-state index >= 15 is 0 Å². The van der Waals surface area contributed by atoms with Crippen molar-refractivity contribution in [3.8, 4) is 10.8 Å². The van der Waals surface area contributed by atoms with E-state index in [1.807, 2.05) is 19.1 Å². The molecule has 2 rings (SSSR count). The summed E-state index contributed by atoms with van der Waals surface area (Å²) >= 11 is 1.39. The number of aromatic nitrogens is 1. The molecule has 118 valence electrons. The van der Waals surface area contributed by atoms with Crippen LogP contribution < -0.4 is 5.32 Å². The Balaban J connectivity index is 2.00. The zero-order chi connectivity index (χ0) is 16.3. The van der Waals surface area contributed by atoms with Gasteiger partial charge < -0.3 is 14.8 Å². The fourth-order valence-corrected chi connectivity index (χ4v) is 2.73. The van der Waals surface area contributed by atoms with Crippen LogP contribution in [0.25, 0.3) is 10.8 Å². The molecule has 0 aromatic carbocycles. The second kappa shape index (κ2) is 6.74. The molecule has 7 heteroatoms. The van der Waals surface area contributed by atoms with E-state index in [1.54, 1.807) is 19.2 Å². The first-order valence-electron chi connectivity index (χ1n) is 6.90. The standard InChI is InChI=1S/C15H18N2O4S/c1-8(2)13(15(19)20)17-12(18)6-10-7-22-14(16-10)11-5-4-9(3)21-11/h4-5,7-8,13H,6H2,1-3H3,(H,17,18)(H,19,20)/t13-/m0/s1. The third-order valence-electron chi connectivity index (χ3n) is 3.09. The first kappa shape index (κ1) is 16.2. The Bertz CT molecular complexity index is 675. The van der Waals surface area contributed by atoms with Gasteiger partial charge in [-0.05, 0) is 25.0 Å². The lowest BCUT2D eigenvalue weighted by Gasteiger charge is -2.17. The van der Waals surface area contributed by atoms with E-state index in [0.29, 0.717) is 16.5 Å². The minimum atomic E-state index is -1.03. The van der Waals surface area contributed by atoms with E-state index in [0.717, 1.165) is 5.76 Å². The summed E-state index contributed by atoms with van der Waals surface area (Å²) in [5.41, 5.74) is 0.597. The van der Waals surface area contributed by atoms with Gasteiger partial charge in [0.2, 0.25) is 5.91 Å². The highest BCUT2D eigenvalue weighted by Gasteiger charge is 2.23. The van der Waals surface area contributed by atoms with Gasteiger partial charge in [0.05, 0.1) is 12.1 Å². The van der Waals surface area contributed by atoms with E-state index in [2.05, 4.69) is 10.3 Å². The molecule has 2 heterocycles. The average molecular weight is 322 g/mol. The van der Waals surface area contributed by atoms with Crippen LogP contribution in [0.15, 0.2) is 21.9 Å². The van der Waals surface area contributed by atoms with Crippen molar-refractivity contribution >= 4 is 23.2 Å². The molecule has 0 radical (unpaired) electrons. The number of hydrogen-bond acceptors (Lipinski definition) is 5. The first-order chi connectivity index (χ1) is 10.4. The second-order valence-electron chi connectivity index (χ2n) is 5.36. The van der Waals surface area contributed by atoms with Crippen molar-refractivity contribution in [1.82, 2.24) is 10.3 Å². The second-order valence-corrected chi connectivity index (χ2v) is 6.22. The Kier molecular flexibility index (Phi) is 4.97. The summed E-state index contributed by atoms with van der Waals surface area (Å²) in [6.07, 6.45) is 0.0483. The summed E-state index contributed by atoms with van der Waals surface area (Å²) in [5.74, 6) is -0.106.